The second kappa shape index (κ2) is 5.87. The summed E-state index contributed by atoms with van der Waals surface area (Å²) in [4.78, 5) is 13.8. The van der Waals surface area contributed by atoms with Gasteiger partial charge in [-0.1, -0.05) is 6.07 Å². The van der Waals surface area contributed by atoms with Crippen molar-refractivity contribution < 1.29 is 14.3 Å². The van der Waals surface area contributed by atoms with Crippen molar-refractivity contribution in [2.75, 3.05) is 38.3 Å². The van der Waals surface area contributed by atoms with Gasteiger partial charge in [0.2, 0.25) is 0 Å². The van der Waals surface area contributed by atoms with Crippen molar-refractivity contribution in [3.63, 3.8) is 0 Å². The zero-order chi connectivity index (χ0) is 13.0. The third-order valence-electron chi connectivity index (χ3n) is 2.99. The van der Waals surface area contributed by atoms with Crippen LogP contribution in [-0.4, -0.2) is 39.2 Å². The molecule has 0 spiro atoms. The van der Waals surface area contributed by atoms with E-state index >= 15 is 0 Å². The van der Waals surface area contributed by atoms with Crippen LogP contribution >= 0.6 is 0 Å². The summed E-state index contributed by atoms with van der Waals surface area (Å²) >= 11 is 0. The van der Waals surface area contributed by atoms with Crippen LogP contribution in [0.2, 0.25) is 0 Å². The first-order valence-corrected chi connectivity index (χ1v) is 6.20. The molecule has 18 heavy (non-hydrogen) atoms. The molecule has 1 aliphatic heterocycles. The normalized spacial score (nSPS) is 15.0. The van der Waals surface area contributed by atoms with E-state index in [1.54, 1.807) is 7.11 Å². The van der Waals surface area contributed by atoms with Crippen LogP contribution in [0.4, 0.5) is 5.69 Å². The van der Waals surface area contributed by atoms with Gasteiger partial charge < -0.3 is 14.4 Å². The lowest BCUT2D eigenvalue weighted by molar-refractivity contribution is -0.119. The predicted octanol–water partition coefficient (Wildman–Crippen LogP) is 1.80. The number of fused-ring (bicyclic) bond motifs is 1. The minimum atomic E-state index is 0.112. The molecule has 2 rings (SSSR count). The summed E-state index contributed by atoms with van der Waals surface area (Å²) in [7, 11) is 1.69. The minimum absolute atomic E-state index is 0.112. The number of benzene rings is 1. The van der Waals surface area contributed by atoms with E-state index in [0.717, 1.165) is 24.4 Å². The Labute approximate surface area is 107 Å². The van der Waals surface area contributed by atoms with Gasteiger partial charge in [0.1, 0.15) is 12.4 Å². The van der Waals surface area contributed by atoms with E-state index in [0.29, 0.717) is 13.2 Å². The molecule has 0 fully saturated rings. The topological polar surface area (TPSA) is 38.8 Å². The van der Waals surface area contributed by atoms with E-state index in [1.165, 1.54) is 5.56 Å². The number of hydrogen-bond donors (Lipinski definition) is 0. The van der Waals surface area contributed by atoms with Crippen LogP contribution in [0, 0.1) is 6.92 Å². The average molecular weight is 249 g/mol. The second-order valence-electron chi connectivity index (χ2n) is 4.57. The first-order valence-electron chi connectivity index (χ1n) is 6.20. The van der Waals surface area contributed by atoms with Crippen molar-refractivity contribution in [1.29, 1.82) is 0 Å². The summed E-state index contributed by atoms with van der Waals surface area (Å²) in [5, 5.41) is 0. The molecule has 0 N–H and O–H groups in total. The molecule has 0 bridgehead atoms. The van der Waals surface area contributed by atoms with Gasteiger partial charge in [0, 0.05) is 20.3 Å². The highest BCUT2D eigenvalue weighted by atomic mass is 16.5. The van der Waals surface area contributed by atoms with Crippen LogP contribution in [0.15, 0.2) is 18.2 Å². The molecule has 0 amide bonds. The first kappa shape index (κ1) is 12.9. The molecule has 1 aliphatic rings. The lowest BCUT2D eigenvalue weighted by atomic mass is 10.2. The third-order valence-corrected chi connectivity index (χ3v) is 2.99. The van der Waals surface area contributed by atoms with Gasteiger partial charge in [-0.3, -0.25) is 4.79 Å². The van der Waals surface area contributed by atoms with E-state index in [4.69, 9.17) is 9.47 Å². The van der Waals surface area contributed by atoms with Gasteiger partial charge in [-0.2, -0.15) is 0 Å². The molecule has 0 radical (unpaired) electrons. The molecule has 0 atom stereocenters. The third kappa shape index (κ3) is 3.01. The summed E-state index contributed by atoms with van der Waals surface area (Å²) in [6.07, 6.45) is 0.900. The lowest BCUT2D eigenvalue weighted by Gasteiger charge is -2.23. The molecule has 0 unspecified atom stereocenters. The van der Waals surface area contributed by atoms with E-state index in [-0.39, 0.29) is 12.4 Å². The average Bonchev–Trinajstić information content (AvgIpc) is 2.50. The Kier molecular flexibility index (Phi) is 4.20. The Bertz CT molecular complexity index is 431. The van der Waals surface area contributed by atoms with Gasteiger partial charge in [0.15, 0.2) is 5.78 Å². The number of carbonyl (C=O) groups is 1. The second-order valence-corrected chi connectivity index (χ2v) is 4.57. The van der Waals surface area contributed by atoms with Gasteiger partial charge in [0.05, 0.1) is 12.2 Å². The van der Waals surface area contributed by atoms with Gasteiger partial charge in [-0.25, -0.2) is 0 Å². The molecule has 0 aliphatic carbocycles. The summed E-state index contributed by atoms with van der Waals surface area (Å²) in [6, 6.07) is 6.01. The summed E-state index contributed by atoms with van der Waals surface area (Å²) < 4.78 is 10.6. The number of anilines is 1. The van der Waals surface area contributed by atoms with Crippen molar-refractivity contribution >= 4 is 11.5 Å². The van der Waals surface area contributed by atoms with E-state index in [9.17, 15) is 4.79 Å². The molecule has 1 aromatic rings. The molecule has 0 saturated heterocycles. The molecule has 98 valence electrons. The smallest absolute Gasteiger partial charge is 0.189 e. The highest BCUT2D eigenvalue weighted by Gasteiger charge is 2.20. The molecule has 0 saturated carbocycles. The number of rotatable bonds is 4. The molecular formula is C14H19NO3. The molecule has 0 aromatic heterocycles. The standard InChI is InChI=1S/C14H19NO3/c1-11-4-5-14-13(8-11)15(6-3-7-17-2)9-12(16)10-18-14/h4-5,8H,3,6-7,9-10H2,1-2H3. The number of methoxy groups -OCH3 is 1. The first-order chi connectivity index (χ1) is 8.70. The van der Waals surface area contributed by atoms with Crippen LogP contribution in [0.25, 0.3) is 0 Å². The number of ketones is 1. The van der Waals surface area contributed by atoms with Crippen molar-refractivity contribution in [3.05, 3.63) is 23.8 Å². The minimum Gasteiger partial charge on any atom is -0.484 e. The predicted molar refractivity (Wildman–Crippen MR) is 70.4 cm³/mol. The maximum absolute atomic E-state index is 11.7. The Morgan fingerprint density at radius 1 is 1.44 bits per heavy atom. The van der Waals surface area contributed by atoms with Crippen molar-refractivity contribution in [3.8, 4) is 5.75 Å². The quantitative estimate of drug-likeness (QED) is 0.763. The summed E-state index contributed by atoms with van der Waals surface area (Å²) in [6.45, 7) is 4.13. The van der Waals surface area contributed by atoms with Crippen LogP contribution in [0.1, 0.15) is 12.0 Å². The largest absolute Gasteiger partial charge is 0.484 e. The van der Waals surface area contributed by atoms with Crippen molar-refractivity contribution in [1.82, 2.24) is 0 Å². The molecule has 1 aromatic carbocycles. The Morgan fingerprint density at radius 3 is 3.06 bits per heavy atom. The number of ether oxygens (including phenoxy) is 2. The fourth-order valence-electron chi connectivity index (χ4n) is 2.10. The Balaban J connectivity index is 2.20. The van der Waals surface area contributed by atoms with Crippen LogP contribution in [-0.2, 0) is 9.53 Å². The zero-order valence-electron chi connectivity index (χ0n) is 10.9. The fraction of sp³-hybridized carbons (Fsp3) is 0.500. The highest BCUT2D eigenvalue weighted by Crippen LogP contribution is 2.31. The lowest BCUT2D eigenvalue weighted by Crippen LogP contribution is -2.31. The summed E-state index contributed by atoms with van der Waals surface area (Å²) in [5.41, 5.74) is 2.18. The van der Waals surface area contributed by atoms with Gasteiger partial charge in [0.25, 0.3) is 0 Å². The maximum Gasteiger partial charge on any atom is 0.189 e. The van der Waals surface area contributed by atoms with E-state index in [1.807, 2.05) is 19.1 Å². The molecule has 4 nitrogen and oxygen atoms in total. The Hall–Kier alpha value is -1.55. The van der Waals surface area contributed by atoms with Crippen LogP contribution < -0.4 is 9.64 Å². The monoisotopic (exact) mass is 249 g/mol. The molecular weight excluding hydrogens is 230 g/mol. The number of Topliss-reactive ketones (excluding diaryl/α,β-unsaturated/α-hetero) is 1. The van der Waals surface area contributed by atoms with Crippen molar-refractivity contribution in [2.45, 2.75) is 13.3 Å². The molecule has 1 heterocycles. The number of hydrogen-bond acceptors (Lipinski definition) is 4. The Morgan fingerprint density at radius 2 is 2.28 bits per heavy atom. The van der Waals surface area contributed by atoms with E-state index in [2.05, 4.69) is 11.0 Å². The highest BCUT2D eigenvalue weighted by molar-refractivity contribution is 5.87. The van der Waals surface area contributed by atoms with Crippen LogP contribution in [0.3, 0.4) is 0 Å². The van der Waals surface area contributed by atoms with Gasteiger partial charge in [-0.15, -0.1) is 0 Å². The fourth-order valence-corrected chi connectivity index (χ4v) is 2.10. The zero-order valence-corrected chi connectivity index (χ0v) is 10.9. The van der Waals surface area contributed by atoms with Crippen molar-refractivity contribution in [2.24, 2.45) is 0 Å². The number of carbonyl (C=O) groups excluding carboxylic acids is 1. The summed E-state index contributed by atoms with van der Waals surface area (Å²) in [5.74, 6) is 0.908. The van der Waals surface area contributed by atoms with E-state index < -0.39 is 0 Å². The van der Waals surface area contributed by atoms with Crippen LogP contribution in [0.5, 0.6) is 5.75 Å². The van der Waals surface area contributed by atoms with Gasteiger partial charge >= 0.3 is 0 Å². The maximum atomic E-state index is 11.7. The number of aryl methyl sites for hydroxylation is 1. The van der Waals surface area contributed by atoms with Gasteiger partial charge in [-0.05, 0) is 31.0 Å². The molecule has 4 heteroatoms. The SMILES string of the molecule is COCCCN1CC(=O)COc2ccc(C)cc21. The number of nitrogens with zero attached hydrogens (tertiary/aromatic N) is 1.